The molecule has 1 unspecified atom stereocenters. The van der Waals surface area contributed by atoms with E-state index in [1.165, 1.54) is 0 Å². The average Bonchev–Trinajstić information content (AvgIpc) is 2.30. The summed E-state index contributed by atoms with van der Waals surface area (Å²) in [7, 11) is 0. The van der Waals surface area contributed by atoms with Crippen LogP contribution in [-0.4, -0.2) is 29.6 Å². The summed E-state index contributed by atoms with van der Waals surface area (Å²) in [5, 5.41) is 0. The van der Waals surface area contributed by atoms with Crippen molar-refractivity contribution >= 4 is 5.95 Å². The predicted molar refractivity (Wildman–Crippen MR) is 63.1 cm³/mol. The Hall–Kier alpha value is -1.16. The lowest BCUT2D eigenvalue weighted by Crippen LogP contribution is -2.25. The molecule has 1 rings (SSSR count). The second kappa shape index (κ2) is 5.66. The van der Waals surface area contributed by atoms with E-state index in [9.17, 15) is 0 Å². The van der Waals surface area contributed by atoms with E-state index in [-0.39, 0.29) is 0 Å². The van der Waals surface area contributed by atoms with E-state index in [1.807, 2.05) is 12.3 Å². The maximum atomic E-state index is 5.62. The molecule has 0 fully saturated rings. The quantitative estimate of drug-likeness (QED) is 0.794. The largest absolute Gasteiger partial charge is 0.341 e. The number of nitrogens with two attached hydrogens (primary N) is 1. The molecule has 1 aromatic rings. The van der Waals surface area contributed by atoms with Gasteiger partial charge in [0.15, 0.2) is 0 Å². The summed E-state index contributed by atoms with van der Waals surface area (Å²) in [6, 6.07) is 1.94. The summed E-state index contributed by atoms with van der Waals surface area (Å²) in [5.41, 5.74) is 6.64. The molecule has 0 aliphatic carbocycles. The number of aromatic nitrogens is 2. The molecule has 0 radical (unpaired) electrons. The highest BCUT2D eigenvalue weighted by Gasteiger charge is 2.09. The van der Waals surface area contributed by atoms with Crippen molar-refractivity contribution in [1.82, 2.24) is 9.97 Å². The molecular formula is C11H20N4. The molecule has 0 aliphatic heterocycles. The molecule has 4 nitrogen and oxygen atoms in total. The van der Waals surface area contributed by atoms with Crippen molar-refractivity contribution in [3.05, 3.63) is 18.0 Å². The topological polar surface area (TPSA) is 55.0 Å². The summed E-state index contributed by atoms with van der Waals surface area (Å²) in [5.74, 6) is 1.10. The summed E-state index contributed by atoms with van der Waals surface area (Å²) in [4.78, 5) is 10.9. The van der Waals surface area contributed by atoms with E-state index in [0.29, 0.717) is 12.5 Å². The van der Waals surface area contributed by atoms with Crippen LogP contribution in [0.1, 0.15) is 32.4 Å². The fraction of sp³-hybridized carbons (Fsp3) is 0.636. The van der Waals surface area contributed by atoms with Gasteiger partial charge < -0.3 is 10.6 Å². The second-order valence-corrected chi connectivity index (χ2v) is 3.59. The van der Waals surface area contributed by atoms with E-state index >= 15 is 0 Å². The highest BCUT2D eigenvalue weighted by molar-refractivity contribution is 5.30. The first-order valence-corrected chi connectivity index (χ1v) is 5.50. The van der Waals surface area contributed by atoms with Gasteiger partial charge in [-0.15, -0.1) is 0 Å². The van der Waals surface area contributed by atoms with Gasteiger partial charge in [0.2, 0.25) is 5.95 Å². The van der Waals surface area contributed by atoms with Crippen LogP contribution in [0.15, 0.2) is 12.3 Å². The third kappa shape index (κ3) is 2.89. The van der Waals surface area contributed by atoms with Crippen LogP contribution in [-0.2, 0) is 0 Å². The van der Waals surface area contributed by atoms with Crippen LogP contribution in [0.25, 0.3) is 0 Å². The molecule has 1 aromatic heterocycles. The van der Waals surface area contributed by atoms with Crippen LogP contribution in [0, 0.1) is 0 Å². The van der Waals surface area contributed by atoms with Gasteiger partial charge in [0.05, 0.1) is 5.69 Å². The van der Waals surface area contributed by atoms with Gasteiger partial charge in [-0.05, 0) is 19.9 Å². The Morgan fingerprint density at radius 1 is 1.40 bits per heavy atom. The summed E-state index contributed by atoms with van der Waals surface area (Å²) >= 11 is 0. The van der Waals surface area contributed by atoms with Crippen LogP contribution in [0.5, 0.6) is 0 Å². The molecule has 4 heteroatoms. The Morgan fingerprint density at radius 2 is 2.07 bits per heavy atom. The van der Waals surface area contributed by atoms with Gasteiger partial charge in [-0.3, -0.25) is 0 Å². The van der Waals surface area contributed by atoms with Crippen molar-refractivity contribution in [2.45, 2.75) is 26.7 Å². The third-order valence-electron chi connectivity index (χ3n) is 2.57. The average molecular weight is 208 g/mol. The van der Waals surface area contributed by atoms with Crippen LogP contribution in [0.2, 0.25) is 0 Å². The Labute approximate surface area is 91.5 Å². The van der Waals surface area contributed by atoms with E-state index < -0.39 is 0 Å². The summed E-state index contributed by atoms with van der Waals surface area (Å²) in [6.45, 7) is 8.76. The molecule has 0 aliphatic rings. The van der Waals surface area contributed by atoms with Crippen molar-refractivity contribution in [3.63, 3.8) is 0 Å². The first kappa shape index (κ1) is 11.9. The molecule has 15 heavy (non-hydrogen) atoms. The lowest BCUT2D eigenvalue weighted by atomic mass is 10.1. The first-order chi connectivity index (χ1) is 7.22. The maximum absolute atomic E-state index is 5.62. The van der Waals surface area contributed by atoms with Crippen molar-refractivity contribution < 1.29 is 0 Å². The van der Waals surface area contributed by atoms with Crippen molar-refractivity contribution in [2.75, 3.05) is 24.5 Å². The van der Waals surface area contributed by atoms with Crippen LogP contribution in [0.4, 0.5) is 5.95 Å². The molecule has 84 valence electrons. The Kier molecular flexibility index (Phi) is 4.49. The molecule has 0 bridgehead atoms. The standard InChI is InChI=1S/C11H20N4/c1-4-15(5-2)11-13-7-6-10(14-11)9(3)8-12/h6-7,9H,4-5,8,12H2,1-3H3. The molecule has 0 spiro atoms. The Bertz CT molecular complexity index is 296. The third-order valence-corrected chi connectivity index (χ3v) is 2.57. The minimum Gasteiger partial charge on any atom is -0.341 e. The smallest absolute Gasteiger partial charge is 0.225 e. The maximum Gasteiger partial charge on any atom is 0.225 e. The fourth-order valence-electron chi connectivity index (χ4n) is 1.42. The highest BCUT2D eigenvalue weighted by atomic mass is 15.2. The number of nitrogens with zero attached hydrogens (tertiary/aromatic N) is 3. The predicted octanol–water partition coefficient (Wildman–Crippen LogP) is 1.38. The lowest BCUT2D eigenvalue weighted by molar-refractivity contribution is 0.728. The van der Waals surface area contributed by atoms with Gasteiger partial charge >= 0.3 is 0 Å². The van der Waals surface area contributed by atoms with Crippen LogP contribution < -0.4 is 10.6 Å². The second-order valence-electron chi connectivity index (χ2n) is 3.59. The zero-order valence-electron chi connectivity index (χ0n) is 9.77. The van der Waals surface area contributed by atoms with E-state index in [1.54, 1.807) is 0 Å². The van der Waals surface area contributed by atoms with Crippen molar-refractivity contribution in [1.29, 1.82) is 0 Å². The number of hydrogen-bond donors (Lipinski definition) is 1. The molecule has 1 atom stereocenters. The van der Waals surface area contributed by atoms with Gasteiger partial charge in [0, 0.05) is 31.7 Å². The minimum absolute atomic E-state index is 0.294. The lowest BCUT2D eigenvalue weighted by Gasteiger charge is -2.19. The SMILES string of the molecule is CCN(CC)c1nccc(C(C)CN)n1. The van der Waals surface area contributed by atoms with Crippen LogP contribution >= 0.6 is 0 Å². The van der Waals surface area contributed by atoms with Gasteiger partial charge in [0.25, 0.3) is 0 Å². The molecule has 0 aromatic carbocycles. The molecule has 0 saturated carbocycles. The van der Waals surface area contributed by atoms with E-state index in [4.69, 9.17) is 5.73 Å². The number of rotatable bonds is 5. The number of hydrogen-bond acceptors (Lipinski definition) is 4. The number of anilines is 1. The Balaban J connectivity index is 2.91. The van der Waals surface area contributed by atoms with E-state index in [2.05, 4.69) is 35.6 Å². The molecule has 2 N–H and O–H groups in total. The monoisotopic (exact) mass is 208 g/mol. The van der Waals surface area contributed by atoms with Gasteiger partial charge in [0.1, 0.15) is 0 Å². The minimum atomic E-state index is 0.294. The zero-order valence-corrected chi connectivity index (χ0v) is 9.77. The molecule has 0 saturated heterocycles. The van der Waals surface area contributed by atoms with Crippen molar-refractivity contribution in [2.24, 2.45) is 5.73 Å². The van der Waals surface area contributed by atoms with E-state index in [0.717, 1.165) is 24.7 Å². The van der Waals surface area contributed by atoms with Gasteiger partial charge in [-0.25, -0.2) is 9.97 Å². The highest BCUT2D eigenvalue weighted by Crippen LogP contribution is 2.13. The molecular weight excluding hydrogens is 188 g/mol. The van der Waals surface area contributed by atoms with Crippen molar-refractivity contribution in [3.8, 4) is 0 Å². The van der Waals surface area contributed by atoms with Gasteiger partial charge in [-0.1, -0.05) is 6.92 Å². The Morgan fingerprint density at radius 3 is 2.60 bits per heavy atom. The fourth-order valence-corrected chi connectivity index (χ4v) is 1.42. The zero-order chi connectivity index (χ0) is 11.3. The molecule has 1 heterocycles. The van der Waals surface area contributed by atoms with Crippen LogP contribution in [0.3, 0.4) is 0 Å². The normalized spacial score (nSPS) is 12.5. The molecule has 0 amide bonds. The van der Waals surface area contributed by atoms with Gasteiger partial charge in [-0.2, -0.15) is 0 Å². The summed E-state index contributed by atoms with van der Waals surface area (Å²) in [6.07, 6.45) is 1.81. The summed E-state index contributed by atoms with van der Waals surface area (Å²) < 4.78 is 0. The first-order valence-electron chi connectivity index (χ1n) is 5.50.